The second-order valence-corrected chi connectivity index (χ2v) is 7.50. The molecule has 0 spiro atoms. The fourth-order valence-corrected chi connectivity index (χ4v) is 4.29. The number of likely N-dealkylation sites (N-methyl/N-ethyl adjacent to an activating group) is 1. The van der Waals surface area contributed by atoms with E-state index in [2.05, 4.69) is 47.8 Å². The summed E-state index contributed by atoms with van der Waals surface area (Å²) in [5.41, 5.74) is 1.30. The van der Waals surface area contributed by atoms with Gasteiger partial charge in [0.05, 0.1) is 20.3 Å². The van der Waals surface area contributed by atoms with Crippen molar-refractivity contribution in [3.05, 3.63) is 29.8 Å². The molecule has 148 valence electrons. The zero-order valence-electron chi connectivity index (χ0n) is 16.2. The average Bonchev–Trinajstić information content (AvgIpc) is 3.11. The Morgan fingerprint density at radius 1 is 1.35 bits per heavy atom. The monoisotopic (exact) mass is 383 g/mol. The topological polar surface area (TPSA) is 45.8 Å². The lowest BCUT2D eigenvalue weighted by molar-refractivity contribution is 0.0520. The summed E-state index contributed by atoms with van der Waals surface area (Å²) in [6, 6.07) is 9.84. The maximum Gasteiger partial charge on any atom is 0.119 e. The van der Waals surface area contributed by atoms with Crippen LogP contribution in [0.15, 0.2) is 24.3 Å². The van der Waals surface area contributed by atoms with Crippen LogP contribution in [0.5, 0.6) is 5.75 Å². The molecule has 0 bridgehead atoms. The van der Waals surface area contributed by atoms with Crippen LogP contribution in [0, 0.1) is 5.92 Å². The minimum Gasteiger partial charge on any atom is -0.497 e. The van der Waals surface area contributed by atoms with Crippen LogP contribution in [0.2, 0.25) is 0 Å². The summed E-state index contributed by atoms with van der Waals surface area (Å²) in [7, 11) is 6.02. The number of rotatable bonds is 7. The Balaban J connectivity index is 0.00000243. The van der Waals surface area contributed by atoms with Gasteiger partial charge in [-0.25, -0.2) is 0 Å². The van der Waals surface area contributed by atoms with Crippen molar-refractivity contribution in [1.82, 2.24) is 15.5 Å². The number of benzene rings is 1. The number of morpholine rings is 1. The normalized spacial score (nSPS) is 27.2. The van der Waals surface area contributed by atoms with Gasteiger partial charge in [0.1, 0.15) is 5.75 Å². The molecule has 0 aromatic heterocycles. The first kappa shape index (κ1) is 21.5. The Morgan fingerprint density at radius 2 is 2.19 bits per heavy atom. The van der Waals surface area contributed by atoms with Crippen molar-refractivity contribution in [2.24, 2.45) is 5.92 Å². The van der Waals surface area contributed by atoms with Crippen LogP contribution < -0.4 is 15.4 Å². The van der Waals surface area contributed by atoms with E-state index in [9.17, 15) is 0 Å². The van der Waals surface area contributed by atoms with E-state index >= 15 is 0 Å². The van der Waals surface area contributed by atoms with Crippen LogP contribution in [0.25, 0.3) is 0 Å². The van der Waals surface area contributed by atoms with E-state index in [4.69, 9.17) is 9.47 Å². The van der Waals surface area contributed by atoms with Gasteiger partial charge in [0.15, 0.2) is 0 Å². The first-order valence-electron chi connectivity index (χ1n) is 9.54. The zero-order valence-corrected chi connectivity index (χ0v) is 17.1. The predicted octanol–water partition coefficient (Wildman–Crippen LogP) is 2.47. The standard InChI is InChI=1S/C20H33N3O2.ClH/c1-23(2)20(15-6-4-7-16(12-15)24-3)13-22-18-9-5-8-17(18)19-14-25-11-10-21-19;/h4,6-7,12,17-22H,5,8-11,13-14H2,1-3H3;1H. The number of hydrogen-bond acceptors (Lipinski definition) is 5. The van der Waals surface area contributed by atoms with Gasteiger partial charge in [0.25, 0.3) is 0 Å². The lowest BCUT2D eigenvalue weighted by Gasteiger charge is -2.34. The number of halogens is 1. The molecule has 2 aliphatic rings. The minimum atomic E-state index is 0. The third-order valence-corrected chi connectivity index (χ3v) is 5.71. The molecule has 0 radical (unpaired) electrons. The fraction of sp³-hybridized carbons (Fsp3) is 0.700. The summed E-state index contributed by atoms with van der Waals surface area (Å²) in [5, 5.41) is 7.52. The maximum atomic E-state index is 5.69. The van der Waals surface area contributed by atoms with Gasteiger partial charge < -0.3 is 25.0 Å². The third kappa shape index (κ3) is 5.33. The van der Waals surface area contributed by atoms with E-state index in [1.165, 1.54) is 24.8 Å². The molecule has 2 fully saturated rings. The average molecular weight is 384 g/mol. The Kier molecular flexibility index (Phi) is 8.64. The summed E-state index contributed by atoms with van der Waals surface area (Å²) in [6.07, 6.45) is 3.87. The van der Waals surface area contributed by atoms with Crippen LogP contribution >= 0.6 is 12.4 Å². The molecule has 4 unspecified atom stereocenters. The molecule has 3 rings (SSSR count). The van der Waals surface area contributed by atoms with Crippen molar-refractivity contribution >= 4 is 12.4 Å². The van der Waals surface area contributed by atoms with Gasteiger partial charge in [-0.1, -0.05) is 18.6 Å². The number of nitrogens with zero attached hydrogens (tertiary/aromatic N) is 1. The molecule has 5 nitrogen and oxygen atoms in total. The highest BCUT2D eigenvalue weighted by molar-refractivity contribution is 5.85. The van der Waals surface area contributed by atoms with Crippen molar-refractivity contribution in [2.45, 2.75) is 37.4 Å². The molecule has 0 amide bonds. The van der Waals surface area contributed by atoms with Crippen molar-refractivity contribution in [1.29, 1.82) is 0 Å². The van der Waals surface area contributed by atoms with E-state index in [1.54, 1.807) is 7.11 Å². The molecule has 4 atom stereocenters. The van der Waals surface area contributed by atoms with Gasteiger partial charge >= 0.3 is 0 Å². The molecular weight excluding hydrogens is 350 g/mol. The van der Waals surface area contributed by atoms with Crippen LogP contribution in [-0.4, -0.2) is 64.5 Å². The molecule has 2 N–H and O–H groups in total. The fourth-order valence-electron chi connectivity index (χ4n) is 4.29. The molecule has 6 heteroatoms. The summed E-state index contributed by atoms with van der Waals surface area (Å²) in [5.74, 6) is 1.60. The zero-order chi connectivity index (χ0) is 17.6. The highest BCUT2D eigenvalue weighted by atomic mass is 35.5. The van der Waals surface area contributed by atoms with Crippen LogP contribution in [0.1, 0.15) is 30.9 Å². The second-order valence-electron chi connectivity index (χ2n) is 7.50. The minimum absolute atomic E-state index is 0. The van der Waals surface area contributed by atoms with Gasteiger partial charge in [0.2, 0.25) is 0 Å². The van der Waals surface area contributed by atoms with E-state index in [0.717, 1.165) is 32.1 Å². The molecule has 1 aromatic carbocycles. The van der Waals surface area contributed by atoms with Crippen molar-refractivity contribution < 1.29 is 9.47 Å². The molecule has 1 saturated carbocycles. The van der Waals surface area contributed by atoms with Gasteiger partial charge in [0, 0.05) is 31.2 Å². The van der Waals surface area contributed by atoms with Crippen LogP contribution in [-0.2, 0) is 4.74 Å². The Bertz CT molecular complexity index is 538. The first-order chi connectivity index (χ1) is 12.2. The Morgan fingerprint density at radius 3 is 2.88 bits per heavy atom. The Hall–Kier alpha value is -0.850. The van der Waals surface area contributed by atoms with Gasteiger partial charge in [-0.3, -0.25) is 0 Å². The predicted molar refractivity (Wildman–Crippen MR) is 108 cm³/mol. The van der Waals surface area contributed by atoms with E-state index in [-0.39, 0.29) is 12.4 Å². The molecule has 1 saturated heterocycles. The molecule has 1 aromatic rings. The SMILES string of the molecule is COc1cccc(C(CNC2CCCC2C2COCCN2)N(C)C)c1.Cl. The van der Waals surface area contributed by atoms with E-state index in [0.29, 0.717) is 24.0 Å². The molecule has 1 heterocycles. The van der Waals surface area contributed by atoms with E-state index in [1.807, 2.05) is 6.07 Å². The third-order valence-electron chi connectivity index (χ3n) is 5.71. The van der Waals surface area contributed by atoms with Crippen molar-refractivity contribution in [3.63, 3.8) is 0 Å². The van der Waals surface area contributed by atoms with Crippen molar-refractivity contribution in [3.8, 4) is 5.75 Å². The second kappa shape index (κ2) is 10.5. The Labute approximate surface area is 164 Å². The van der Waals surface area contributed by atoms with Gasteiger partial charge in [-0.15, -0.1) is 12.4 Å². The molecule has 1 aliphatic carbocycles. The van der Waals surface area contributed by atoms with Crippen LogP contribution in [0.4, 0.5) is 0 Å². The molecule has 1 aliphatic heterocycles. The lowest BCUT2D eigenvalue weighted by Crippen LogP contribution is -2.51. The number of nitrogens with one attached hydrogen (secondary N) is 2. The highest BCUT2D eigenvalue weighted by Gasteiger charge is 2.34. The lowest BCUT2D eigenvalue weighted by atomic mass is 9.93. The van der Waals surface area contributed by atoms with Gasteiger partial charge in [-0.2, -0.15) is 0 Å². The first-order valence-corrected chi connectivity index (χ1v) is 9.54. The summed E-state index contributed by atoms with van der Waals surface area (Å²) < 4.78 is 11.1. The highest BCUT2D eigenvalue weighted by Crippen LogP contribution is 2.30. The summed E-state index contributed by atoms with van der Waals surface area (Å²) in [4.78, 5) is 2.29. The summed E-state index contributed by atoms with van der Waals surface area (Å²) in [6.45, 7) is 3.64. The summed E-state index contributed by atoms with van der Waals surface area (Å²) >= 11 is 0. The largest absolute Gasteiger partial charge is 0.497 e. The number of methoxy groups -OCH3 is 1. The number of ether oxygens (including phenoxy) is 2. The van der Waals surface area contributed by atoms with Crippen LogP contribution in [0.3, 0.4) is 0 Å². The number of hydrogen-bond donors (Lipinski definition) is 2. The van der Waals surface area contributed by atoms with Crippen molar-refractivity contribution in [2.75, 3.05) is 47.5 Å². The maximum absolute atomic E-state index is 5.69. The van der Waals surface area contributed by atoms with Gasteiger partial charge in [-0.05, 0) is 50.6 Å². The molecular formula is C20H34ClN3O2. The smallest absolute Gasteiger partial charge is 0.119 e. The quantitative estimate of drug-likeness (QED) is 0.757. The van der Waals surface area contributed by atoms with E-state index < -0.39 is 0 Å². The molecule has 26 heavy (non-hydrogen) atoms.